The minimum atomic E-state index is -2.69. The molecule has 0 saturated carbocycles. The minimum absolute atomic E-state index is 0.0934. The third-order valence-corrected chi connectivity index (χ3v) is 6.52. The minimum Gasteiger partial charge on any atom is -0.491 e. The number of nitrogens with zero attached hydrogens (tertiary/aromatic N) is 3. The summed E-state index contributed by atoms with van der Waals surface area (Å²) in [4.78, 5) is 19.0. The third-order valence-electron chi connectivity index (χ3n) is 6.52. The van der Waals surface area contributed by atoms with Crippen molar-refractivity contribution < 1.29 is 22.8 Å². The number of likely N-dealkylation sites (tertiary alicyclic amines) is 1. The maximum absolute atomic E-state index is 13.6. The smallest absolute Gasteiger partial charge is 0.267 e. The van der Waals surface area contributed by atoms with E-state index in [9.17, 15) is 13.6 Å². The standard InChI is InChI=1S/C26H27F2N3O3/c1-4-10-31-22(32)13-16-12-19-17(23(16)31)6-5-7-18(19)25-29-26(34-30-25)15-8-9-21(33-14(2)3)20(11-15)24(27)28/h5-9,11,14,16,23-24H,4,10,12-13H2,1-3H3. The van der Waals surface area contributed by atoms with Gasteiger partial charge in [-0.15, -0.1) is 0 Å². The zero-order valence-corrected chi connectivity index (χ0v) is 19.4. The molecular weight excluding hydrogens is 440 g/mol. The fraction of sp³-hybridized carbons (Fsp3) is 0.423. The maximum Gasteiger partial charge on any atom is 0.267 e. The average Bonchev–Trinajstić information content (AvgIpc) is 3.49. The summed E-state index contributed by atoms with van der Waals surface area (Å²) >= 11 is 0. The number of alkyl halides is 2. The first-order valence-corrected chi connectivity index (χ1v) is 11.7. The van der Waals surface area contributed by atoms with Gasteiger partial charge in [-0.2, -0.15) is 4.98 Å². The Bertz CT molecular complexity index is 1220. The monoisotopic (exact) mass is 467 g/mol. The van der Waals surface area contributed by atoms with Crippen LogP contribution in [0, 0.1) is 5.92 Å². The highest BCUT2D eigenvalue weighted by Gasteiger charge is 2.46. The summed E-state index contributed by atoms with van der Waals surface area (Å²) < 4.78 is 38.3. The Kier molecular flexibility index (Phi) is 5.83. The van der Waals surface area contributed by atoms with Crippen molar-refractivity contribution in [1.82, 2.24) is 15.0 Å². The second-order valence-electron chi connectivity index (χ2n) is 9.22. The molecule has 1 aliphatic heterocycles. The van der Waals surface area contributed by atoms with Crippen LogP contribution in [0.2, 0.25) is 0 Å². The Hall–Kier alpha value is -3.29. The quantitative estimate of drug-likeness (QED) is 0.427. The fourth-order valence-corrected chi connectivity index (χ4v) is 5.22. The number of halogens is 2. The predicted molar refractivity (Wildman–Crippen MR) is 122 cm³/mol. The van der Waals surface area contributed by atoms with Gasteiger partial charge in [-0.25, -0.2) is 8.78 Å². The number of benzene rings is 2. The van der Waals surface area contributed by atoms with Gasteiger partial charge in [-0.05, 0) is 61.9 Å². The van der Waals surface area contributed by atoms with Crippen molar-refractivity contribution in [3.63, 3.8) is 0 Å². The summed E-state index contributed by atoms with van der Waals surface area (Å²) in [5.74, 6) is 1.21. The van der Waals surface area contributed by atoms with E-state index in [1.54, 1.807) is 19.9 Å². The molecule has 2 heterocycles. The molecule has 34 heavy (non-hydrogen) atoms. The Morgan fingerprint density at radius 2 is 2.03 bits per heavy atom. The Balaban J connectivity index is 1.48. The van der Waals surface area contributed by atoms with Gasteiger partial charge in [0.15, 0.2) is 0 Å². The molecule has 1 aliphatic carbocycles. The van der Waals surface area contributed by atoms with E-state index < -0.39 is 6.43 Å². The molecule has 2 unspecified atom stereocenters. The fourth-order valence-electron chi connectivity index (χ4n) is 5.22. The summed E-state index contributed by atoms with van der Waals surface area (Å²) in [5, 5.41) is 4.16. The van der Waals surface area contributed by atoms with E-state index in [2.05, 4.69) is 23.1 Å². The van der Waals surface area contributed by atoms with Crippen LogP contribution in [-0.2, 0) is 11.2 Å². The SMILES string of the molecule is CCCN1C(=O)CC2Cc3c(-c4noc(-c5ccc(OC(C)C)c(C(F)F)c5)n4)cccc3C21. The van der Waals surface area contributed by atoms with Crippen LogP contribution >= 0.6 is 0 Å². The van der Waals surface area contributed by atoms with Crippen molar-refractivity contribution >= 4 is 5.91 Å². The van der Waals surface area contributed by atoms with Gasteiger partial charge in [-0.3, -0.25) is 4.79 Å². The van der Waals surface area contributed by atoms with E-state index in [0.29, 0.717) is 17.8 Å². The number of ether oxygens (including phenoxy) is 1. The van der Waals surface area contributed by atoms with Crippen LogP contribution in [0.3, 0.4) is 0 Å². The lowest BCUT2D eigenvalue weighted by Crippen LogP contribution is -2.28. The van der Waals surface area contributed by atoms with Crippen LogP contribution in [0.4, 0.5) is 8.78 Å². The summed E-state index contributed by atoms with van der Waals surface area (Å²) in [6.45, 7) is 6.41. The number of carbonyl (C=O) groups is 1. The maximum atomic E-state index is 13.6. The van der Waals surface area contributed by atoms with Gasteiger partial charge >= 0.3 is 0 Å². The number of carbonyl (C=O) groups excluding carboxylic acids is 1. The molecule has 0 spiro atoms. The molecule has 0 N–H and O–H groups in total. The van der Waals surface area contributed by atoms with Gasteiger partial charge in [0.2, 0.25) is 11.7 Å². The lowest BCUT2D eigenvalue weighted by atomic mass is 10.0. The van der Waals surface area contributed by atoms with Gasteiger partial charge in [-0.1, -0.05) is 30.3 Å². The van der Waals surface area contributed by atoms with Gasteiger partial charge in [0.1, 0.15) is 5.75 Å². The molecule has 2 aliphatic rings. The number of hydrogen-bond acceptors (Lipinski definition) is 5. The molecule has 2 aromatic carbocycles. The summed E-state index contributed by atoms with van der Waals surface area (Å²) in [6.07, 6.45) is -0.664. The number of hydrogen-bond donors (Lipinski definition) is 0. The van der Waals surface area contributed by atoms with Crippen molar-refractivity contribution in [2.45, 2.75) is 58.6 Å². The first kappa shape index (κ1) is 22.5. The molecule has 1 saturated heterocycles. The third kappa shape index (κ3) is 3.85. The molecule has 8 heteroatoms. The molecule has 6 nitrogen and oxygen atoms in total. The number of rotatable bonds is 7. The van der Waals surface area contributed by atoms with Crippen molar-refractivity contribution in [2.24, 2.45) is 5.92 Å². The van der Waals surface area contributed by atoms with E-state index in [4.69, 9.17) is 9.26 Å². The second-order valence-corrected chi connectivity index (χ2v) is 9.22. The van der Waals surface area contributed by atoms with Gasteiger partial charge in [0, 0.05) is 24.1 Å². The first-order valence-electron chi connectivity index (χ1n) is 11.7. The van der Waals surface area contributed by atoms with E-state index in [1.165, 1.54) is 12.1 Å². The van der Waals surface area contributed by atoms with E-state index in [0.717, 1.165) is 36.1 Å². The molecule has 0 radical (unpaired) electrons. The van der Waals surface area contributed by atoms with Gasteiger partial charge in [0.25, 0.3) is 12.3 Å². The number of aromatic nitrogens is 2. The Morgan fingerprint density at radius 1 is 1.21 bits per heavy atom. The molecule has 2 atom stereocenters. The van der Waals surface area contributed by atoms with Gasteiger partial charge < -0.3 is 14.2 Å². The normalized spacial score (nSPS) is 19.3. The molecule has 0 bridgehead atoms. The van der Waals surface area contributed by atoms with Crippen LogP contribution in [0.25, 0.3) is 22.8 Å². The highest BCUT2D eigenvalue weighted by atomic mass is 19.3. The van der Waals surface area contributed by atoms with Crippen molar-refractivity contribution in [3.05, 3.63) is 53.1 Å². The van der Waals surface area contributed by atoms with Crippen molar-refractivity contribution in [2.75, 3.05) is 6.54 Å². The van der Waals surface area contributed by atoms with Crippen LogP contribution in [-0.4, -0.2) is 33.6 Å². The van der Waals surface area contributed by atoms with Crippen LogP contribution in [0.1, 0.15) is 62.8 Å². The molecular formula is C26H27F2N3O3. The van der Waals surface area contributed by atoms with E-state index in [-0.39, 0.29) is 41.2 Å². The zero-order valence-electron chi connectivity index (χ0n) is 19.4. The molecule has 5 rings (SSSR count). The summed E-state index contributed by atoms with van der Waals surface area (Å²) in [6, 6.07) is 10.6. The van der Waals surface area contributed by atoms with Gasteiger partial charge in [0.05, 0.1) is 17.7 Å². The van der Waals surface area contributed by atoms with Crippen LogP contribution < -0.4 is 4.74 Å². The lowest BCUT2D eigenvalue weighted by Gasteiger charge is -2.24. The molecule has 1 fully saturated rings. The van der Waals surface area contributed by atoms with E-state index >= 15 is 0 Å². The highest BCUT2D eigenvalue weighted by Crippen LogP contribution is 2.49. The van der Waals surface area contributed by atoms with Crippen LogP contribution in [0.15, 0.2) is 40.9 Å². The average molecular weight is 468 g/mol. The highest BCUT2D eigenvalue weighted by molar-refractivity contribution is 5.81. The molecule has 3 aromatic rings. The van der Waals surface area contributed by atoms with Crippen molar-refractivity contribution in [1.29, 1.82) is 0 Å². The lowest BCUT2D eigenvalue weighted by molar-refractivity contribution is -0.129. The Morgan fingerprint density at radius 3 is 2.76 bits per heavy atom. The molecule has 1 amide bonds. The first-order chi connectivity index (χ1) is 16.4. The van der Waals surface area contributed by atoms with Crippen molar-refractivity contribution in [3.8, 4) is 28.6 Å². The molecule has 178 valence electrons. The number of amides is 1. The molecule has 1 aromatic heterocycles. The Labute approximate surface area is 196 Å². The summed E-state index contributed by atoms with van der Waals surface area (Å²) in [7, 11) is 0. The number of fused-ring (bicyclic) bond motifs is 3. The topological polar surface area (TPSA) is 68.5 Å². The van der Waals surface area contributed by atoms with Crippen LogP contribution in [0.5, 0.6) is 5.75 Å². The predicted octanol–water partition coefficient (Wildman–Crippen LogP) is 5.98. The zero-order chi connectivity index (χ0) is 24.0. The largest absolute Gasteiger partial charge is 0.491 e. The second kappa shape index (κ2) is 8.81. The van der Waals surface area contributed by atoms with E-state index in [1.807, 2.05) is 17.0 Å². The summed E-state index contributed by atoms with van der Waals surface area (Å²) in [5.41, 5.74) is 3.34.